The normalized spacial score (nSPS) is 16.0. The van der Waals surface area contributed by atoms with E-state index in [1.807, 2.05) is 0 Å². The Morgan fingerprint density at radius 2 is 1.88 bits per heavy atom. The molecule has 6 nitrogen and oxygen atoms in total. The van der Waals surface area contributed by atoms with Crippen LogP contribution in [0.2, 0.25) is 0 Å². The molecule has 2 heterocycles. The molecule has 1 saturated heterocycles. The maximum absolute atomic E-state index is 6.38. The Bertz CT molecular complexity index is 692. The largest absolute Gasteiger partial charge is 0.393 e. The predicted molar refractivity (Wildman–Crippen MR) is 104 cm³/mol. The zero-order chi connectivity index (χ0) is 17.8. The molecular weight excluding hydrogens is 312 g/mol. The van der Waals surface area contributed by atoms with Crippen LogP contribution < -0.4 is 16.0 Å². The first-order chi connectivity index (χ1) is 12.1. The van der Waals surface area contributed by atoms with Gasteiger partial charge < -0.3 is 20.9 Å². The topological polar surface area (TPSA) is 70.3 Å². The Balaban J connectivity index is 1.76. The second-order valence-corrected chi connectivity index (χ2v) is 6.78. The van der Waals surface area contributed by atoms with Gasteiger partial charge in [0.2, 0.25) is 0 Å². The number of aromatic nitrogens is 2. The maximum Gasteiger partial charge on any atom is 0.159 e. The number of nitrogen functional groups attached to an aromatic ring is 1. The first-order valence-electron chi connectivity index (χ1n) is 8.96. The summed E-state index contributed by atoms with van der Waals surface area (Å²) in [5, 5.41) is 3.32. The van der Waals surface area contributed by atoms with Crippen LogP contribution in [0.5, 0.6) is 0 Å². The molecule has 0 amide bonds. The summed E-state index contributed by atoms with van der Waals surface area (Å²) in [4.78, 5) is 13.3. The predicted octanol–water partition coefficient (Wildman–Crippen LogP) is 2.90. The van der Waals surface area contributed by atoms with Gasteiger partial charge in [0, 0.05) is 18.8 Å². The van der Waals surface area contributed by atoms with Gasteiger partial charge in [-0.2, -0.15) is 0 Å². The Morgan fingerprint density at radius 3 is 2.52 bits per heavy atom. The smallest absolute Gasteiger partial charge is 0.159 e. The lowest BCUT2D eigenvalue weighted by atomic mass is 10.0. The molecule has 0 unspecified atom stereocenters. The van der Waals surface area contributed by atoms with Crippen LogP contribution in [0.25, 0.3) is 0 Å². The Labute approximate surface area is 150 Å². The molecule has 0 bridgehead atoms. The molecule has 0 atom stereocenters. The Hall–Kier alpha value is -2.34. The first-order valence-corrected chi connectivity index (χ1v) is 8.96. The van der Waals surface area contributed by atoms with Crippen molar-refractivity contribution in [3.8, 4) is 0 Å². The van der Waals surface area contributed by atoms with E-state index in [2.05, 4.69) is 70.4 Å². The quantitative estimate of drug-likeness (QED) is 0.872. The number of anilines is 4. The summed E-state index contributed by atoms with van der Waals surface area (Å²) < 4.78 is 0. The first kappa shape index (κ1) is 17.5. The van der Waals surface area contributed by atoms with E-state index in [9.17, 15) is 0 Å². The highest BCUT2D eigenvalue weighted by molar-refractivity contribution is 5.78. The van der Waals surface area contributed by atoms with Crippen LogP contribution in [0.1, 0.15) is 25.3 Å². The third-order valence-electron chi connectivity index (χ3n) is 5.06. The Kier molecular flexibility index (Phi) is 5.38. The average Bonchev–Trinajstić information content (AvgIpc) is 2.64. The second-order valence-electron chi connectivity index (χ2n) is 6.78. The molecule has 1 fully saturated rings. The highest BCUT2D eigenvalue weighted by Gasteiger charge is 2.23. The summed E-state index contributed by atoms with van der Waals surface area (Å²) in [5.74, 6) is 1.46. The van der Waals surface area contributed by atoms with Crippen LogP contribution in [0, 0.1) is 0 Å². The molecule has 3 N–H and O–H groups in total. The summed E-state index contributed by atoms with van der Waals surface area (Å²) in [6, 6.07) is 8.81. The van der Waals surface area contributed by atoms with Crippen LogP contribution in [0.15, 0.2) is 30.6 Å². The van der Waals surface area contributed by atoms with E-state index in [0.717, 1.165) is 43.9 Å². The molecule has 1 aliphatic heterocycles. The number of nitrogens with two attached hydrogens (primary N) is 1. The van der Waals surface area contributed by atoms with E-state index in [-0.39, 0.29) is 0 Å². The van der Waals surface area contributed by atoms with Gasteiger partial charge in [-0.05, 0) is 57.1 Å². The molecule has 0 aliphatic carbocycles. The number of piperidine rings is 1. The van der Waals surface area contributed by atoms with Gasteiger partial charge in [0.15, 0.2) is 11.6 Å². The molecule has 0 saturated carbocycles. The number of nitrogens with zero attached hydrogens (tertiary/aromatic N) is 4. The molecule has 134 valence electrons. The summed E-state index contributed by atoms with van der Waals surface area (Å²) in [6.45, 7) is 4.36. The van der Waals surface area contributed by atoms with Crippen molar-refractivity contribution >= 4 is 23.0 Å². The summed E-state index contributed by atoms with van der Waals surface area (Å²) in [5.41, 5.74) is 9.27. The monoisotopic (exact) mass is 340 g/mol. The fourth-order valence-electron chi connectivity index (χ4n) is 3.28. The van der Waals surface area contributed by atoms with E-state index < -0.39 is 0 Å². The highest BCUT2D eigenvalue weighted by atomic mass is 15.2. The minimum Gasteiger partial charge on any atom is -0.393 e. The van der Waals surface area contributed by atoms with Crippen molar-refractivity contribution in [1.29, 1.82) is 0 Å². The second kappa shape index (κ2) is 7.70. The third-order valence-corrected chi connectivity index (χ3v) is 5.06. The van der Waals surface area contributed by atoms with Crippen molar-refractivity contribution in [2.24, 2.45) is 0 Å². The van der Waals surface area contributed by atoms with Crippen LogP contribution in [0.3, 0.4) is 0 Å². The molecule has 25 heavy (non-hydrogen) atoms. The van der Waals surface area contributed by atoms with Gasteiger partial charge in [-0.25, -0.2) is 9.97 Å². The van der Waals surface area contributed by atoms with E-state index in [1.165, 1.54) is 5.56 Å². The van der Waals surface area contributed by atoms with Gasteiger partial charge in [-0.1, -0.05) is 19.1 Å². The number of hydrogen-bond donors (Lipinski definition) is 2. The molecule has 2 aromatic rings. The minimum absolute atomic E-state index is 0.463. The van der Waals surface area contributed by atoms with Crippen LogP contribution in [-0.4, -0.2) is 48.1 Å². The maximum atomic E-state index is 6.38. The van der Waals surface area contributed by atoms with Gasteiger partial charge in [-0.15, -0.1) is 0 Å². The van der Waals surface area contributed by atoms with E-state index >= 15 is 0 Å². The van der Waals surface area contributed by atoms with Gasteiger partial charge >= 0.3 is 0 Å². The number of rotatable bonds is 5. The lowest BCUT2D eigenvalue weighted by molar-refractivity contribution is 0.252. The SMILES string of the molecule is CCc1ccc(Nc2ncnc(N(C)C3CCN(C)CC3)c2N)cc1. The van der Waals surface area contributed by atoms with E-state index in [4.69, 9.17) is 5.73 Å². The standard InChI is InChI=1S/C19H28N6/c1-4-14-5-7-15(8-6-14)23-18-17(20)19(22-13-21-18)25(3)16-9-11-24(2)12-10-16/h5-8,13,16H,4,9-12,20H2,1-3H3,(H,21,22,23). The van der Waals surface area contributed by atoms with Crippen molar-refractivity contribution in [1.82, 2.24) is 14.9 Å². The zero-order valence-electron chi connectivity index (χ0n) is 15.4. The molecule has 6 heteroatoms. The zero-order valence-corrected chi connectivity index (χ0v) is 15.4. The number of nitrogens with one attached hydrogen (secondary N) is 1. The summed E-state index contributed by atoms with van der Waals surface area (Å²) in [6.07, 6.45) is 4.86. The van der Waals surface area contributed by atoms with Crippen molar-refractivity contribution in [3.05, 3.63) is 36.2 Å². The molecular formula is C19H28N6. The molecule has 1 aromatic carbocycles. The fraction of sp³-hybridized carbons (Fsp3) is 0.474. The lowest BCUT2D eigenvalue weighted by Gasteiger charge is -2.36. The summed E-state index contributed by atoms with van der Waals surface area (Å²) in [7, 11) is 4.25. The fourth-order valence-corrected chi connectivity index (χ4v) is 3.28. The van der Waals surface area contributed by atoms with Crippen molar-refractivity contribution in [2.45, 2.75) is 32.2 Å². The van der Waals surface area contributed by atoms with Crippen LogP contribution in [0.4, 0.5) is 23.0 Å². The lowest BCUT2D eigenvalue weighted by Crippen LogP contribution is -2.42. The third kappa shape index (κ3) is 4.02. The average molecular weight is 340 g/mol. The minimum atomic E-state index is 0.463. The number of hydrogen-bond acceptors (Lipinski definition) is 6. The molecule has 0 spiro atoms. The van der Waals surface area contributed by atoms with E-state index in [0.29, 0.717) is 17.5 Å². The summed E-state index contributed by atoms with van der Waals surface area (Å²) >= 11 is 0. The van der Waals surface area contributed by atoms with Crippen LogP contribution >= 0.6 is 0 Å². The van der Waals surface area contributed by atoms with Gasteiger partial charge in [0.05, 0.1) is 0 Å². The number of benzene rings is 1. The molecule has 3 rings (SSSR count). The molecule has 1 aliphatic rings. The van der Waals surface area contributed by atoms with Crippen molar-refractivity contribution in [2.75, 3.05) is 43.1 Å². The van der Waals surface area contributed by atoms with Gasteiger partial charge in [-0.3, -0.25) is 0 Å². The van der Waals surface area contributed by atoms with Gasteiger partial charge in [0.1, 0.15) is 12.0 Å². The van der Waals surface area contributed by atoms with Crippen LogP contribution in [-0.2, 0) is 6.42 Å². The van der Waals surface area contributed by atoms with Crippen molar-refractivity contribution < 1.29 is 0 Å². The number of likely N-dealkylation sites (tertiary alicyclic amines) is 1. The van der Waals surface area contributed by atoms with E-state index in [1.54, 1.807) is 6.33 Å². The number of aryl methyl sites for hydroxylation is 1. The van der Waals surface area contributed by atoms with Crippen molar-refractivity contribution in [3.63, 3.8) is 0 Å². The highest BCUT2D eigenvalue weighted by Crippen LogP contribution is 2.30. The molecule has 1 aromatic heterocycles. The van der Waals surface area contributed by atoms with Gasteiger partial charge in [0.25, 0.3) is 0 Å². The molecule has 0 radical (unpaired) electrons. The Morgan fingerprint density at radius 1 is 1.20 bits per heavy atom.